The van der Waals surface area contributed by atoms with Crippen LogP contribution in [0.25, 0.3) is 0 Å². The van der Waals surface area contributed by atoms with Crippen LogP contribution in [0.5, 0.6) is 0 Å². The van der Waals surface area contributed by atoms with E-state index in [1.54, 1.807) is 18.2 Å². The van der Waals surface area contributed by atoms with E-state index in [9.17, 15) is 13.2 Å². The van der Waals surface area contributed by atoms with Gasteiger partial charge >= 0.3 is 6.18 Å². The van der Waals surface area contributed by atoms with E-state index in [2.05, 4.69) is 5.32 Å². The van der Waals surface area contributed by atoms with Crippen molar-refractivity contribution in [1.82, 2.24) is 5.32 Å². The first-order chi connectivity index (χ1) is 9.57. The summed E-state index contributed by atoms with van der Waals surface area (Å²) in [5, 5.41) is 2.55. The molecule has 0 saturated heterocycles. The maximum Gasteiger partial charge on any atom is 0.407 e. The standard InChI is InChI=1S/C15H20F3NO/c16-15(17,18)14(12-6-2-1-3-7-12)19-10-11-20-13-8-4-5-9-13/h1-3,6-7,13-14,19H,4-5,8-11H2. The third-order valence-electron chi connectivity index (χ3n) is 3.57. The Labute approximate surface area is 117 Å². The third-order valence-corrected chi connectivity index (χ3v) is 3.57. The topological polar surface area (TPSA) is 21.3 Å². The lowest BCUT2D eigenvalue weighted by atomic mass is 10.1. The number of halogens is 3. The second kappa shape index (κ2) is 7.09. The van der Waals surface area contributed by atoms with E-state index in [0.29, 0.717) is 6.61 Å². The highest BCUT2D eigenvalue weighted by Gasteiger charge is 2.40. The molecule has 0 aliphatic heterocycles. The quantitative estimate of drug-likeness (QED) is 0.803. The summed E-state index contributed by atoms with van der Waals surface area (Å²) >= 11 is 0. The van der Waals surface area contributed by atoms with Crippen molar-refractivity contribution in [1.29, 1.82) is 0 Å². The number of hydrogen-bond donors (Lipinski definition) is 1. The number of hydrogen-bond acceptors (Lipinski definition) is 2. The lowest BCUT2D eigenvalue weighted by molar-refractivity contribution is -0.158. The second-order valence-corrected chi connectivity index (χ2v) is 5.12. The molecule has 1 atom stereocenters. The Balaban J connectivity index is 1.82. The molecule has 0 amide bonds. The van der Waals surface area contributed by atoms with Crippen molar-refractivity contribution in [2.75, 3.05) is 13.2 Å². The molecule has 112 valence electrons. The van der Waals surface area contributed by atoms with Crippen LogP contribution in [0.3, 0.4) is 0 Å². The van der Waals surface area contributed by atoms with E-state index >= 15 is 0 Å². The van der Waals surface area contributed by atoms with Gasteiger partial charge in [0.2, 0.25) is 0 Å². The SMILES string of the molecule is FC(F)(F)C(NCCOC1CCCC1)c1ccccc1. The van der Waals surface area contributed by atoms with Gasteiger partial charge in [0.1, 0.15) is 6.04 Å². The molecule has 1 aromatic carbocycles. The molecule has 2 rings (SSSR count). The van der Waals surface area contributed by atoms with Gasteiger partial charge in [0.05, 0.1) is 12.7 Å². The van der Waals surface area contributed by atoms with Crippen molar-refractivity contribution in [3.8, 4) is 0 Å². The van der Waals surface area contributed by atoms with E-state index in [1.165, 1.54) is 12.1 Å². The molecule has 0 bridgehead atoms. The summed E-state index contributed by atoms with van der Waals surface area (Å²) in [5.41, 5.74) is 0.237. The van der Waals surface area contributed by atoms with E-state index in [1.807, 2.05) is 0 Å². The van der Waals surface area contributed by atoms with Gasteiger partial charge in [-0.2, -0.15) is 13.2 Å². The van der Waals surface area contributed by atoms with Gasteiger partial charge < -0.3 is 10.1 Å². The smallest absolute Gasteiger partial charge is 0.377 e. The highest BCUT2D eigenvalue weighted by atomic mass is 19.4. The number of alkyl halides is 3. The molecule has 1 fully saturated rings. The van der Waals surface area contributed by atoms with E-state index in [4.69, 9.17) is 4.74 Å². The van der Waals surface area contributed by atoms with Crippen LogP contribution in [0.15, 0.2) is 30.3 Å². The molecule has 1 N–H and O–H groups in total. The Bertz CT molecular complexity index is 388. The highest BCUT2D eigenvalue weighted by Crippen LogP contribution is 2.32. The highest BCUT2D eigenvalue weighted by molar-refractivity contribution is 5.20. The van der Waals surface area contributed by atoms with Crippen LogP contribution in [0.1, 0.15) is 37.3 Å². The zero-order valence-corrected chi connectivity index (χ0v) is 11.3. The molecular formula is C15H20F3NO. The maximum atomic E-state index is 13.0. The molecule has 0 aromatic heterocycles. The van der Waals surface area contributed by atoms with Crippen LogP contribution in [0.2, 0.25) is 0 Å². The first kappa shape index (κ1) is 15.3. The Kier molecular flexibility index (Phi) is 5.43. The third kappa shape index (κ3) is 4.49. The molecule has 1 aliphatic rings. The largest absolute Gasteiger partial charge is 0.407 e. The molecule has 5 heteroatoms. The fourth-order valence-electron chi connectivity index (χ4n) is 2.55. The van der Waals surface area contributed by atoms with Gasteiger partial charge in [0.15, 0.2) is 0 Å². The average Bonchev–Trinajstić information content (AvgIpc) is 2.91. The summed E-state index contributed by atoms with van der Waals surface area (Å²) in [4.78, 5) is 0. The lowest BCUT2D eigenvalue weighted by Gasteiger charge is -2.22. The average molecular weight is 287 g/mol. The maximum absolute atomic E-state index is 13.0. The predicted octanol–water partition coefficient (Wildman–Crippen LogP) is 3.84. The first-order valence-electron chi connectivity index (χ1n) is 7.04. The van der Waals surface area contributed by atoms with E-state index in [0.717, 1.165) is 25.7 Å². The molecule has 0 spiro atoms. The van der Waals surface area contributed by atoms with Gasteiger partial charge in [-0.15, -0.1) is 0 Å². The summed E-state index contributed by atoms with van der Waals surface area (Å²) in [7, 11) is 0. The zero-order chi connectivity index (χ0) is 14.4. The molecular weight excluding hydrogens is 267 g/mol. The summed E-state index contributed by atoms with van der Waals surface area (Å²) < 4.78 is 44.7. The fourth-order valence-corrected chi connectivity index (χ4v) is 2.55. The molecule has 2 nitrogen and oxygen atoms in total. The van der Waals surface area contributed by atoms with Gasteiger partial charge in [0, 0.05) is 6.54 Å². The minimum absolute atomic E-state index is 0.204. The van der Waals surface area contributed by atoms with Crippen molar-refractivity contribution in [2.45, 2.75) is 44.0 Å². The number of nitrogens with one attached hydrogen (secondary N) is 1. The molecule has 1 saturated carbocycles. The molecule has 1 aromatic rings. The Hall–Kier alpha value is -1.07. The van der Waals surface area contributed by atoms with Gasteiger partial charge in [-0.3, -0.25) is 0 Å². The minimum Gasteiger partial charge on any atom is -0.377 e. The van der Waals surface area contributed by atoms with Gasteiger partial charge in [-0.05, 0) is 18.4 Å². The van der Waals surface area contributed by atoms with Crippen molar-refractivity contribution < 1.29 is 17.9 Å². The fraction of sp³-hybridized carbons (Fsp3) is 0.600. The van der Waals surface area contributed by atoms with Gasteiger partial charge in [0.25, 0.3) is 0 Å². The summed E-state index contributed by atoms with van der Waals surface area (Å²) in [5.74, 6) is 0. The lowest BCUT2D eigenvalue weighted by Crippen LogP contribution is -2.36. The zero-order valence-electron chi connectivity index (χ0n) is 11.3. The molecule has 1 unspecified atom stereocenters. The summed E-state index contributed by atoms with van der Waals surface area (Å²) in [6.45, 7) is 0.527. The van der Waals surface area contributed by atoms with Crippen LogP contribution in [0.4, 0.5) is 13.2 Å². The molecule has 0 heterocycles. The predicted molar refractivity (Wildman–Crippen MR) is 71.4 cm³/mol. The number of rotatable bonds is 6. The van der Waals surface area contributed by atoms with Crippen LogP contribution < -0.4 is 5.32 Å². The van der Waals surface area contributed by atoms with Gasteiger partial charge in [-0.25, -0.2) is 0 Å². The normalized spacial score (nSPS) is 18.4. The van der Waals surface area contributed by atoms with E-state index < -0.39 is 12.2 Å². The summed E-state index contributed by atoms with van der Waals surface area (Å²) in [6.07, 6.45) is 0.316. The molecule has 20 heavy (non-hydrogen) atoms. The number of benzene rings is 1. The summed E-state index contributed by atoms with van der Waals surface area (Å²) in [6, 6.07) is 6.29. The monoisotopic (exact) mass is 287 g/mol. The van der Waals surface area contributed by atoms with E-state index in [-0.39, 0.29) is 18.2 Å². The van der Waals surface area contributed by atoms with Crippen molar-refractivity contribution in [2.24, 2.45) is 0 Å². The van der Waals surface area contributed by atoms with Crippen LogP contribution in [-0.4, -0.2) is 25.4 Å². The number of ether oxygens (including phenoxy) is 1. The Morgan fingerprint density at radius 1 is 1.15 bits per heavy atom. The van der Waals surface area contributed by atoms with Gasteiger partial charge in [-0.1, -0.05) is 43.2 Å². The van der Waals surface area contributed by atoms with Crippen LogP contribution >= 0.6 is 0 Å². The van der Waals surface area contributed by atoms with Crippen molar-refractivity contribution in [3.05, 3.63) is 35.9 Å². The minimum atomic E-state index is -4.30. The van der Waals surface area contributed by atoms with Crippen molar-refractivity contribution >= 4 is 0 Å². The second-order valence-electron chi connectivity index (χ2n) is 5.12. The first-order valence-corrected chi connectivity index (χ1v) is 7.04. The van der Waals surface area contributed by atoms with Crippen LogP contribution in [-0.2, 0) is 4.74 Å². The molecule has 0 radical (unpaired) electrons. The van der Waals surface area contributed by atoms with Crippen molar-refractivity contribution in [3.63, 3.8) is 0 Å². The Morgan fingerprint density at radius 2 is 1.80 bits per heavy atom. The Morgan fingerprint density at radius 3 is 2.40 bits per heavy atom. The molecule has 1 aliphatic carbocycles. The van der Waals surface area contributed by atoms with Crippen LogP contribution in [0, 0.1) is 0 Å².